The Hall–Kier alpha value is -1.86. The van der Waals surface area contributed by atoms with Gasteiger partial charge in [0.25, 0.3) is 5.91 Å². The number of pyridine rings is 1. The summed E-state index contributed by atoms with van der Waals surface area (Å²) in [5, 5.41) is 7.76. The first kappa shape index (κ1) is 20.9. The average molecular weight is 403 g/mol. The smallest absolute Gasteiger partial charge is 0.254 e. The molecule has 1 fully saturated rings. The van der Waals surface area contributed by atoms with Gasteiger partial charge in [0.1, 0.15) is 10.8 Å². The molecule has 1 N–H and O–H groups in total. The van der Waals surface area contributed by atoms with E-state index in [1.807, 2.05) is 19.1 Å². The number of hydrogen-bond donors (Lipinski definition) is 1. The highest BCUT2D eigenvalue weighted by Crippen LogP contribution is 2.24. The number of carbonyl (C=O) groups excluding carboxylic acids is 1. The minimum Gasteiger partial charge on any atom is -0.361 e. The van der Waals surface area contributed by atoms with Crippen LogP contribution in [-0.4, -0.2) is 46.6 Å². The summed E-state index contributed by atoms with van der Waals surface area (Å²) < 4.78 is 5.09. The lowest BCUT2D eigenvalue weighted by atomic mass is 10.0. The van der Waals surface area contributed by atoms with E-state index < -0.39 is 0 Å². The van der Waals surface area contributed by atoms with Crippen molar-refractivity contribution in [1.29, 1.82) is 0 Å². The van der Waals surface area contributed by atoms with Crippen LogP contribution in [0.1, 0.15) is 60.8 Å². The van der Waals surface area contributed by atoms with Crippen molar-refractivity contribution >= 4 is 17.7 Å². The molecule has 1 aliphatic rings. The Labute approximate surface area is 171 Å². The molecule has 3 rings (SSSR count). The first-order valence-electron chi connectivity index (χ1n) is 10.2. The average Bonchev–Trinajstić information content (AvgIpc) is 3.13. The maximum absolute atomic E-state index is 12.6. The van der Waals surface area contributed by atoms with Gasteiger partial charge in [-0.15, -0.1) is 0 Å². The van der Waals surface area contributed by atoms with Gasteiger partial charge in [-0.3, -0.25) is 4.79 Å². The van der Waals surface area contributed by atoms with Crippen molar-refractivity contribution in [3.05, 3.63) is 41.4 Å². The van der Waals surface area contributed by atoms with Crippen LogP contribution in [0.3, 0.4) is 0 Å². The lowest BCUT2D eigenvalue weighted by Crippen LogP contribution is -2.38. The number of nitrogens with zero attached hydrogens (tertiary/aromatic N) is 3. The van der Waals surface area contributed by atoms with Crippen molar-refractivity contribution < 1.29 is 9.32 Å². The number of nitrogens with one attached hydrogen (secondary N) is 1. The summed E-state index contributed by atoms with van der Waals surface area (Å²) in [6.45, 7) is 7.23. The fourth-order valence-corrected chi connectivity index (χ4v) is 4.41. The third-order valence-corrected chi connectivity index (χ3v) is 6.19. The molecule has 1 atom stereocenters. The number of aryl methyl sites for hydroxylation is 1. The summed E-state index contributed by atoms with van der Waals surface area (Å²) >= 11 is 1.50. The maximum atomic E-state index is 12.6. The van der Waals surface area contributed by atoms with Crippen molar-refractivity contribution in [3.63, 3.8) is 0 Å². The maximum Gasteiger partial charge on any atom is 0.254 e. The number of hydrogen-bond acceptors (Lipinski definition) is 6. The second-order valence-electron chi connectivity index (χ2n) is 7.42. The van der Waals surface area contributed by atoms with Gasteiger partial charge in [0.05, 0.1) is 11.3 Å². The Morgan fingerprint density at radius 1 is 1.39 bits per heavy atom. The van der Waals surface area contributed by atoms with E-state index in [0.29, 0.717) is 23.9 Å². The number of carbonyl (C=O) groups is 1. The molecular formula is C21H30N4O2S. The zero-order valence-corrected chi connectivity index (χ0v) is 17.6. The van der Waals surface area contributed by atoms with E-state index >= 15 is 0 Å². The van der Waals surface area contributed by atoms with Gasteiger partial charge >= 0.3 is 0 Å². The van der Waals surface area contributed by atoms with E-state index in [2.05, 4.69) is 27.3 Å². The van der Waals surface area contributed by atoms with Crippen LogP contribution in [0.2, 0.25) is 0 Å². The molecule has 7 heteroatoms. The van der Waals surface area contributed by atoms with Gasteiger partial charge in [0.2, 0.25) is 0 Å². The van der Waals surface area contributed by atoms with Crippen LogP contribution in [0.5, 0.6) is 0 Å². The lowest BCUT2D eigenvalue weighted by molar-refractivity contribution is 0.0948. The van der Waals surface area contributed by atoms with Crippen molar-refractivity contribution in [1.82, 2.24) is 20.4 Å². The SMILES string of the molecule is Cc1cc(CSc2ncccc2C(=O)NCCCCN2CCCCC2C)no1. The third kappa shape index (κ3) is 6.07. The molecule has 2 aromatic rings. The molecule has 0 radical (unpaired) electrons. The second kappa shape index (κ2) is 10.6. The molecule has 1 unspecified atom stereocenters. The quantitative estimate of drug-likeness (QED) is 0.504. The number of piperidine rings is 1. The monoisotopic (exact) mass is 402 g/mol. The van der Waals surface area contributed by atoms with E-state index in [9.17, 15) is 4.79 Å². The van der Waals surface area contributed by atoms with Crippen LogP contribution < -0.4 is 5.32 Å². The third-order valence-electron chi connectivity index (χ3n) is 5.15. The molecular weight excluding hydrogens is 372 g/mol. The molecule has 0 spiro atoms. The Bertz CT molecular complexity index is 764. The molecule has 0 aliphatic carbocycles. The van der Waals surface area contributed by atoms with Gasteiger partial charge in [-0.05, 0) is 64.8 Å². The Morgan fingerprint density at radius 3 is 3.07 bits per heavy atom. The summed E-state index contributed by atoms with van der Waals surface area (Å²) in [7, 11) is 0. The molecule has 1 saturated heterocycles. The number of likely N-dealkylation sites (tertiary alicyclic amines) is 1. The topological polar surface area (TPSA) is 71.3 Å². The number of thioether (sulfide) groups is 1. The van der Waals surface area contributed by atoms with Gasteiger partial charge < -0.3 is 14.7 Å². The summed E-state index contributed by atoms with van der Waals surface area (Å²) in [4.78, 5) is 19.5. The Morgan fingerprint density at radius 2 is 2.29 bits per heavy atom. The number of aromatic nitrogens is 2. The van der Waals surface area contributed by atoms with Crippen LogP contribution in [0.25, 0.3) is 0 Å². The minimum absolute atomic E-state index is 0.0572. The van der Waals surface area contributed by atoms with Crippen LogP contribution in [0.4, 0.5) is 0 Å². The van der Waals surface area contributed by atoms with Crippen molar-refractivity contribution in [3.8, 4) is 0 Å². The largest absolute Gasteiger partial charge is 0.361 e. The molecule has 1 aliphatic heterocycles. The molecule has 2 aromatic heterocycles. The fourth-order valence-electron chi connectivity index (χ4n) is 3.53. The first-order valence-corrected chi connectivity index (χ1v) is 11.1. The van der Waals surface area contributed by atoms with E-state index in [-0.39, 0.29) is 5.91 Å². The summed E-state index contributed by atoms with van der Waals surface area (Å²) in [5.74, 6) is 1.36. The van der Waals surface area contributed by atoms with Gasteiger partial charge in [-0.25, -0.2) is 4.98 Å². The van der Waals surface area contributed by atoms with E-state index in [1.165, 1.54) is 37.6 Å². The normalized spacial score (nSPS) is 17.6. The predicted molar refractivity (Wildman–Crippen MR) is 111 cm³/mol. The fraction of sp³-hybridized carbons (Fsp3) is 0.571. The highest BCUT2D eigenvalue weighted by atomic mass is 32.2. The summed E-state index contributed by atoms with van der Waals surface area (Å²) in [5.41, 5.74) is 1.48. The summed E-state index contributed by atoms with van der Waals surface area (Å²) in [6.07, 6.45) is 7.81. The van der Waals surface area contributed by atoms with Crippen LogP contribution >= 0.6 is 11.8 Å². The zero-order chi connectivity index (χ0) is 19.8. The number of unbranched alkanes of at least 4 members (excludes halogenated alkanes) is 1. The van der Waals surface area contributed by atoms with Crippen molar-refractivity contribution in [2.45, 2.75) is 62.8 Å². The zero-order valence-electron chi connectivity index (χ0n) is 16.8. The standard InChI is InChI=1S/C21H30N4O2S/c1-16-8-3-5-12-25(16)13-6-4-10-22-20(26)19-9-7-11-23-21(19)28-15-18-14-17(2)27-24-18/h7,9,11,14,16H,3-6,8,10,12-13,15H2,1-2H3,(H,22,26). The van der Waals surface area contributed by atoms with Gasteiger partial charge in [0, 0.05) is 30.6 Å². The second-order valence-corrected chi connectivity index (χ2v) is 8.38. The Kier molecular flexibility index (Phi) is 7.91. The molecule has 28 heavy (non-hydrogen) atoms. The van der Waals surface area contributed by atoms with E-state index in [0.717, 1.165) is 35.9 Å². The lowest BCUT2D eigenvalue weighted by Gasteiger charge is -2.33. The van der Waals surface area contributed by atoms with Gasteiger partial charge in [-0.2, -0.15) is 0 Å². The molecule has 0 aromatic carbocycles. The number of amides is 1. The highest BCUT2D eigenvalue weighted by molar-refractivity contribution is 7.98. The minimum atomic E-state index is -0.0572. The van der Waals surface area contributed by atoms with E-state index in [1.54, 1.807) is 12.3 Å². The molecule has 6 nitrogen and oxygen atoms in total. The van der Waals surface area contributed by atoms with Crippen LogP contribution in [0, 0.1) is 6.92 Å². The van der Waals surface area contributed by atoms with Gasteiger partial charge in [-0.1, -0.05) is 23.3 Å². The van der Waals surface area contributed by atoms with Crippen molar-refractivity contribution in [2.24, 2.45) is 0 Å². The first-order chi connectivity index (χ1) is 13.6. The molecule has 0 bridgehead atoms. The highest BCUT2D eigenvalue weighted by Gasteiger charge is 2.17. The predicted octanol–water partition coefficient (Wildman–Crippen LogP) is 4.05. The Balaban J connectivity index is 1.42. The summed E-state index contributed by atoms with van der Waals surface area (Å²) in [6, 6.07) is 6.23. The number of rotatable bonds is 9. The van der Waals surface area contributed by atoms with Crippen molar-refractivity contribution in [2.75, 3.05) is 19.6 Å². The van der Waals surface area contributed by atoms with Gasteiger partial charge in [0.15, 0.2) is 0 Å². The van der Waals surface area contributed by atoms with Crippen LogP contribution in [0.15, 0.2) is 33.9 Å². The molecule has 3 heterocycles. The van der Waals surface area contributed by atoms with E-state index in [4.69, 9.17) is 4.52 Å². The van der Waals surface area contributed by atoms with Crippen LogP contribution in [-0.2, 0) is 5.75 Å². The molecule has 152 valence electrons. The molecule has 1 amide bonds. The molecule has 0 saturated carbocycles.